The summed E-state index contributed by atoms with van der Waals surface area (Å²) in [5, 5.41) is 7.62. The van der Waals surface area contributed by atoms with Crippen LogP contribution >= 0.6 is 0 Å². The van der Waals surface area contributed by atoms with Crippen LogP contribution in [0.2, 0.25) is 0 Å². The molecule has 1 aliphatic carbocycles. The maximum absolute atomic E-state index is 12.8. The van der Waals surface area contributed by atoms with E-state index in [2.05, 4.69) is 10.4 Å². The molecule has 0 bridgehead atoms. The number of ether oxygens (including phenoxy) is 2. The van der Waals surface area contributed by atoms with Crippen molar-refractivity contribution in [1.82, 2.24) is 15.1 Å². The van der Waals surface area contributed by atoms with Gasteiger partial charge in [-0.2, -0.15) is 5.10 Å². The average Bonchev–Trinajstić information content (AvgIpc) is 3.23. The summed E-state index contributed by atoms with van der Waals surface area (Å²) in [6.45, 7) is 5.71. The molecule has 1 N–H and O–H groups in total. The highest BCUT2D eigenvalue weighted by Crippen LogP contribution is 2.34. The van der Waals surface area contributed by atoms with Gasteiger partial charge in [0.2, 0.25) is 5.91 Å². The summed E-state index contributed by atoms with van der Waals surface area (Å²) in [6, 6.07) is 5.88. The zero-order valence-electron chi connectivity index (χ0n) is 16.7. The third-order valence-corrected chi connectivity index (χ3v) is 5.86. The molecule has 6 nitrogen and oxygen atoms in total. The van der Waals surface area contributed by atoms with Gasteiger partial charge in [-0.1, -0.05) is 25.3 Å². The molecule has 28 heavy (non-hydrogen) atoms. The summed E-state index contributed by atoms with van der Waals surface area (Å²) in [5.41, 5.74) is 1.19. The van der Waals surface area contributed by atoms with Crippen molar-refractivity contribution in [2.24, 2.45) is 5.92 Å². The Labute approximate surface area is 166 Å². The molecular weight excluding hydrogens is 354 g/mol. The van der Waals surface area contributed by atoms with E-state index in [1.165, 1.54) is 32.1 Å². The number of carbonyl (C=O) groups excluding carboxylic acids is 1. The Kier molecular flexibility index (Phi) is 5.29. The van der Waals surface area contributed by atoms with Gasteiger partial charge in [0.15, 0.2) is 11.5 Å². The number of nitrogens with zero attached hydrogens (tertiary/aromatic N) is 2. The fourth-order valence-corrected chi connectivity index (χ4v) is 3.95. The minimum Gasteiger partial charge on any atom is -0.486 e. The molecule has 0 spiro atoms. The van der Waals surface area contributed by atoms with Gasteiger partial charge in [0.25, 0.3) is 0 Å². The highest BCUT2D eigenvalue weighted by molar-refractivity contribution is 5.83. The van der Waals surface area contributed by atoms with E-state index in [0.717, 1.165) is 29.2 Å². The number of amides is 1. The molecule has 2 aromatic rings. The van der Waals surface area contributed by atoms with Gasteiger partial charge in [0, 0.05) is 18.3 Å². The maximum Gasteiger partial charge on any atom is 0.247 e. The topological polar surface area (TPSA) is 65.4 Å². The van der Waals surface area contributed by atoms with Crippen molar-refractivity contribution in [2.75, 3.05) is 19.8 Å². The number of aromatic nitrogens is 2. The van der Waals surface area contributed by atoms with Crippen LogP contribution in [0.3, 0.4) is 0 Å². The molecule has 1 aliphatic heterocycles. The first-order valence-electron chi connectivity index (χ1n) is 10.3. The number of nitrogens with one attached hydrogen (secondary N) is 1. The Bertz CT molecular complexity index is 837. The van der Waals surface area contributed by atoms with E-state index < -0.39 is 5.54 Å². The lowest BCUT2D eigenvalue weighted by atomic mass is 9.89. The van der Waals surface area contributed by atoms with Gasteiger partial charge < -0.3 is 14.8 Å². The number of hydrogen-bond acceptors (Lipinski definition) is 4. The SMILES string of the molecule is CC(C)(C(=O)NCC1CCCCC1)n1cc(-c2ccc3c(c2)OCCO3)cn1. The lowest BCUT2D eigenvalue weighted by Gasteiger charge is -2.27. The van der Waals surface area contributed by atoms with Crippen molar-refractivity contribution in [2.45, 2.75) is 51.5 Å². The van der Waals surface area contributed by atoms with E-state index >= 15 is 0 Å². The zero-order valence-corrected chi connectivity index (χ0v) is 16.7. The lowest BCUT2D eigenvalue weighted by Crippen LogP contribution is -2.46. The van der Waals surface area contributed by atoms with Gasteiger partial charge in [-0.25, -0.2) is 0 Å². The highest BCUT2D eigenvalue weighted by Gasteiger charge is 2.31. The predicted molar refractivity (Wildman–Crippen MR) is 108 cm³/mol. The van der Waals surface area contributed by atoms with Crippen LogP contribution in [0.4, 0.5) is 0 Å². The van der Waals surface area contributed by atoms with E-state index in [9.17, 15) is 4.79 Å². The fourth-order valence-electron chi connectivity index (χ4n) is 3.95. The second-order valence-corrected chi connectivity index (χ2v) is 8.31. The van der Waals surface area contributed by atoms with E-state index in [4.69, 9.17) is 9.47 Å². The molecule has 4 rings (SSSR count). The number of fused-ring (bicyclic) bond motifs is 1. The average molecular weight is 383 g/mol. The predicted octanol–water partition coefficient (Wildman–Crippen LogP) is 3.75. The Morgan fingerprint density at radius 2 is 1.89 bits per heavy atom. The Morgan fingerprint density at radius 3 is 2.68 bits per heavy atom. The van der Waals surface area contributed by atoms with Gasteiger partial charge >= 0.3 is 0 Å². The summed E-state index contributed by atoms with van der Waals surface area (Å²) in [6.07, 6.45) is 10.0. The summed E-state index contributed by atoms with van der Waals surface area (Å²) in [4.78, 5) is 12.8. The van der Waals surface area contributed by atoms with Gasteiger partial charge in [0.05, 0.1) is 6.20 Å². The zero-order chi connectivity index (χ0) is 19.6. The van der Waals surface area contributed by atoms with E-state index in [-0.39, 0.29) is 5.91 Å². The summed E-state index contributed by atoms with van der Waals surface area (Å²) < 4.78 is 13.0. The van der Waals surface area contributed by atoms with Crippen LogP contribution in [0, 0.1) is 5.92 Å². The van der Waals surface area contributed by atoms with Crippen LogP contribution in [0.1, 0.15) is 46.0 Å². The smallest absolute Gasteiger partial charge is 0.247 e. The molecular formula is C22H29N3O3. The molecule has 0 atom stereocenters. The molecule has 1 aromatic heterocycles. The normalized spacial score (nSPS) is 17.4. The lowest BCUT2D eigenvalue weighted by molar-refractivity contribution is -0.129. The molecule has 2 aliphatic rings. The second-order valence-electron chi connectivity index (χ2n) is 8.31. The second kappa shape index (κ2) is 7.86. The Morgan fingerprint density at radius 1 is 1.14 bits per heavy atom. The molecule has 1 amide bonds. The highest BCUT2D eigenvalue weighted by atomic mass is 16.6. The quantitative estimate of drug-likeness (QED) is 0.854. The number of rotatable bonds is 5. The maximum atomic E-state index is 12.8. The van der Waals surface area contributed by atoms with Gasteiger partial charge in [-0.05, 0) is 50.3 Å². The van der Waals surface area contributed by atoms with E-state index in [0.29, 0.717) is 19.1 Å². The molecule has 1 aromatic carbocycles. The summed E-state index contributed by atoms with van der Waals surface area (Å²) >= 11 is 0. The van der Waals surface area contributed by atoms with Crippen molar-refractivity contribution >= 4 is 5.91 Å². The van der Waals surface area contributed by atoms with Gasteiger partial charge in [0.1, 0.15) is 18.8 Å². The van der Waals surface area contributed by atoms with Crippen molar-refractivity contribution in [3.8, 4) is 22.6 Å². The third-order valence-electron chi connectivity index (χ3n) is 5.86. The van der Waals surface area contributed by atoms with Crippen molar-refractivity contribution in [1.29, 1.82) is 0 Å². The fraction of sp³-hybridized carbons (Fsp3) is 0.545. The monoisotopic (exact) mass is 383 g/mol. The van der Waals surface area contributed by atoms with Gasteiger partial charge in [-0.15, -0.1) is 0 Å². The van der Waals surface area contributed by atoms with E-state index in [1.54, 1.807) is 10.9 Å². The largest absolute Gasteiger partial charge is 0.486 e. The first-order chi connectivity index (χ1) is 13.5. The minimum absolute atomic E-state index is 0.00916. The summed E-state index contributed by atoms with van der Waals surface area (Å²) in [5.74, 6) is 2.14. The molecule has 2 heterocycles. The van der Waals surface area contributed by atoms with Crippen LogP contribution in [-0.2, 0) is 10.3 Å². The standard InChI is InChI=1S/C22H29N3O3/c1-22(2,21(26)23-13-16-6-4-3-5-7-16)25-15-18(14-24-25)17-8-9-19-20(12-17)28-11-10-27-19/h8-9,12,14-16H,3-7,10-11,13H2,1-2H3,(H,23,26). The van der Waals surface area contributed by atoms with Gasteiger partial charge in [-0.3, -0.25) is 9.48 Å². The molecule has 6 heteroatoms. The van der Waals surface area contributed by atoms with Crippen molar-refractivity contribution < 1.29 is 14.3 Å². The Balaban J connectivity index is 1.45. The van der Waals surface area contributed by atoms with Crippen molar-refractivity contribution in [3.63, 3.8) is 0 Å². The molecule has 150 valence electrons. The van der Waals surface area contributed by atoms with Crippen LogP contribution in [0.5, 0.6) is 11.5 Å². The first-order valence-corrected chi connectivity index (χ1v) is 10.3. The molecule has 0 unspecified atom stereocenters. The molecule has 1 fully saturated rings. The number of benzene rings is 1. The van der Waals surface area contributed by atoms with Crippen molar-refractivity contribution in [3.05, 3.63) is 30.6 Å². The Hall–Kier alpha value is -2.50. The molecule has 0 radical (unpaired) electrons. The number of hydrogen-bond donors (Lipinski definition) is 1. The van der Waals surface area contributed by atoms with Crippen LogP contribution in [0.15, 0.2) is 30.6 Å². The van der Waals surface area contributed by atoms with Crippen LogP contribution in [-0.4, -0.2) is 35.4 Å². The van der Waals surface area contributed by atoms with Crippen LogP contribution in [0.25, 0.3) is 11.1 Å². The molecule has 1 saturated carbocycles. The molecule has 0 saturated heterocycles. The first kappa shape index (κ1) is 18.8. The third kappa shape index (κ3) is 3.86. The summed E-state index contributed by atoms with van der Waals surface area (Å²) in [7, 11) is 0. The van der Waals surface area contributed by atoms with Crippen LogP contribution < -0.4 is 14.8 Å². The minimum atomic E-state index is -0.749. The number of carbonyl (C=O) groups is 1. The van der Waals surface area contributed by atoms with E-state index in [1.807, 2.05) is 38.2 Å².